The second kappa shape index (κ2) is 2.74. The molecule has 0 aromatic carbocycles. The monoisotopic (exact) mass is 132 g/mol. The zero-order chi connectivity index (χ0) is 7.40. The van der Waals surface area contributed by atoms with Crippen molar-refractivity contribution in [3.8, 4) is 12.3 Å². The van der Waals surface area contributed by atoms with Crippen LogP contribution in [0.1, 0.15) is 10.4 Å². The minimum atomic E-state index is -0.366. The molecule has 0 bridgehead atoms. The average Bonchev–Trinajstić information content (AvgIpc) is 2.05. The van der Waals surface area contributed by atoms with Crippen LogP contribution in [0.25, 0.3) is 0 Å². The number of terminal acetylenes is 1. The highest BCUT2D eigenvalue weighted by Crippen LogP contribution is 1.93. The predicted molar refractivity (Wildman–Crippen MR) is 35.2 cm³/mol. The van der Waals surface area contributed by atoms with Crippen molar-refractivity contribution in [2.24, 2.45) is 0 Å². The van der Waals surface area contributed by atoms with Gasteiger partial charge in [0.2, 0.25) is 5.78 Å². The number of ketones is 1. The zero-order valence-corrected chi connectivity index (χ0v) is 5.11. The van der Waals surface area contributed by atoms with Crippen molar-refractivity contribution in [1.82, 2.24) is 10.2 Å². The van der Waals surface area contributed by atoms with E-state index in [1.807, 2.05) is 5.92 Å². The molecule has 0 unspecified atom stereocenters. The quantitative estimate of drug-likeness (QED) is 0.313. The molecule has 1 aromatic heterocycles. The van der Waals surface area contributed by atoms with Crippen LogP contribution in [-0.2, 0) is 0 Å². The number of hydrogen-bond donors (Lipinski definition) is 0. The third kappa shape index (κ3) is 1.17. The summed E-state index contributed by atoms with van der Waals surface area (Å²) in [5, 5.41) is 6.98. The van der Waals surface area contributed by atoms with E-state index in [0.717, 1.165) is 0 Å². The van der Waals surface area contributed by atoms with Gasteiger partial charge in [0.1, 0.15) is 0 Å². The second-order valence-electron chi connectivity index (χ2n) is 1.60. The van der Waals surface area contributed by atoms with E-state index in [4.69, 9.17) is 6.42 Å². The lowest BCUT2D eigenvalue weighted by atomic mass is 10.2. The van der Waals surface area contributed by atoms with Crippen molar-refractivity contribution in [3.05, 3.63) is 24.0 Å². The molecule has 0 amide bonds. The first-order valence-corrected chi connectivity index (χ1v) is 2.62. The Morgan fingerprint density at radius 3 is 2.90 bits per heavy atom. The second-order valence-corrected chi connectivity index (χ2v) is 1.60. The Labute approximate surface area is 58.1 Å². The number of carbonyl (C=O) groups is 1. The SMILES string of the molecule is C#CC(=O)c1ccnnc1. The molecule has 1 rings (SSSR count). The third-order valence-electron chi connectivity index (χ3n) is 0.978. The van der Waals surface area contributed by atoms with E-state index in [-0.39, 0.29) is 5.78 Å². The third-order valence-corrected chi connectivity index (χ3v) is 0.978. The van der Waals surface area contributed by atoms with Crippen LogP contribution in [0.5, 0.6) is 0 Å². The molecule has 0 N–H and O–H groups in total. The summed E-state index contributed by atoms with van der Waals surface area (Å²) in [5.41, 5.74) is 0.400. The number of carbonyl (C=O) groups excluding carboxylic acids is 1. The standard InChI is InChI=1S/C7H4N2O/c1-2-7(10)6-3-4-8-9-5-6/h1,3-5H. The first kappa shape index (κ1) is 6.43. The molecular formula is C7H4N2O. The number of Topliss-reactive ketones (excluding diaryl/α,β-unsaturated/α-hetero) is 1. The predicted octanol–water partition coefficient (Wildman–Crippen LogP) is 0.292. The van der Waals surface area contributed by atoms with Crippen LogP contribution in [-0.4, -0.2) is 16.0 Å². The van der Waals surface area contributed by atoms with Gasteiger partial charge < -0.3 is 0 Å². The summed E-state index contributed by atoms with van der Waals surface area (Å²) in [7, 11) is 0. The molecule has 0 spiro atoms. The van der Waals surface area contributed by atoms with Crippen LogP contribution < -0.4 is 0 Å². The largest absolute Gasteiger partial charge is 0.279 e. The van der Waals surface area contributed by atoms with Gasteiger partial charge in [0, 0.05) is 0 Å². The van der Waals surface area contributed by atoms with Crippen LogP contribution in [0.3, 0.4) is 0 Å². The fourth-order valence-electron chi connectivity index (χ4n) is 0.508. The molecule has 48 valence electrons. The Morgan fingerprint density at radius 2 is 2.40 bits per heavy atom. The Morgan fingerprint density at radius 1 is 1.60 bits per heavy atom. The zero-order valence-electron chi connectivity index (χ0n) is 5.11. The van der Waals surface area contributed by atoms with Crippen molar-refractivity contribution in [2.45, 2.75) is 0 Å². The minimum Gasteiger partial charge on any atom is -0.279 e. The molecule has 0 saturated carbocycles. The number of aromatic nitrogens is 2. The fourth-order valence-corrected chi connectivity index (χ4v) is 0.508. The lowest BCUT2D eigenvalue weighted by Gasteiger charge is -1.87. The topological polar surface area (TPSA) is 42.9 Å². The van der Waals surface area contributed by atoms with Gasteiger partial charge in [-0.2, -0.15) is 10.2 Å². The molecule has 0 aliphatic heterocycles. The van der Waals surface area contributed by atoms with Crippen LogP contribution in [0.4, 0.5) is 0 Å². The molecule has 0 radical (unpaired) electrons. The normalized spacial score (nSPS) is 8.30. The Kier molecular flexibility index (Phi) is 1.76. The summed E-state index contributed by atoms with van der Waals surface area (Å²) in [6, 6.07) is 1.52. The van der Waals surface area contributed by atoms with Gasteiger partial charge in [-0.05, 0) is 12.0 Å². The summed E-state index contributed by atoms with van der Waals surface area (Å²) in [4.78, 5) is 10.7. The van der Waals surface area contributed by atoms with Crippen molar-refractivity contribution in [1.29, 1.82) is 0 Å². The molecule has 0 saturated heterocycles. The number of rotatable bonds is 1. The van der Waals surface area contributed by atoms with E-state index >= 15 is 0 Å². The van der Waals surface area contributed by atoms with Gasteiger partial charge in [-0.15, -0.1) is 6.42 Å². The first-order chi connectivity index (χ1) is 4.84. The molecule has 0 aliphatic carbocycles. The van der Waals surface area contributed by atoms with Gasteiger partial charge >= 0.3 is 0 Å². The minimum absolute atomic E-state index is 0.366. The molecule has 1 heterocycles. The highest BCUT2D eigenvalue weighted by molar-refractivity contribution is 6.08. The highest BCUT2D eigenvalue weighted by Gasteiger charge is 1.98. The summed E-state index contributed by atoms with van der Waals surface area (Å²) < 4.78 is 0. The fraction of sp³-hybridized carbons (Fsp3) is 0. The lowest BCUT2D eigenvalue weighted by molar-refractivity contribution is 0.105. The Balaban J connectivity index is 2.99. The van der Waals surface area contributed by atoms with Crippen LogP contribution >= 0.6 is 0 Å². The van der Waals surface area contributed by atoms with E-state index in [9.17, 15) is 4.79 Å². The van der Waals surface area contributed by atoms with E-state index in [1.165, 1.54) is 18.5 Å². The molecule has 3 heteroatoms. The van der Waals surface area contributed by atoms with Crippen LogP contribution in [0.2, 0.25) is 0 Å². The van der Waals surface area contributed by atoms with Gasteiger partial charge in [0.15, 0.2) is 0 Å². The van der Waals surface area contributed by atoms with Gasteiger partial charge in [-0.1, -0.05) is 0 Å². The molecule has 0 aliphatic rings. The van der Waals surface area contributed by atoms with Crippen LogP contribution in [0.15, 0.2) is 18.5 Å². The molecule has 0 atom stereocenters. The number of nitrogens with zero attached hydrogens (tertiary/aromatic N) is 2. The summed E-state index contributed by atoms with van der Waals surface area (Å²) >= 11 is 0. The summed E-state index contributed by atoms with van der Waals surface area (Å²) in [6.07, 6.45) is 7.61. The van der Waals surface area contributed by atoms with Gasteiger partial charge in [-0.25, -0.2) is 0 Å². The van der Waals surface area contributed by atoms with E-state index in [0.29, 0.717) is 5.56 Å². The van der Waals surface area contributed by atoms with E-state index < -0.39 is 0 Å². The summed E-state index contributed by atoms with van der Waals surface area (Å²) in [6.45, 7) is 0. The van der Waals surface area contributed by atoms with E-state index in [2.05, 4.69) is 10.2 Å². The Bertz CT molecular complexity index is 273. The van der Waals surface area contributed by atoms with E-state index in [1.54, 1.807) is 0 Å². The maximum Gasteiger partial charge on any atom is 0.237 e. The maximum atomic E-state index is 10.7. The Hall–Kier alpha value is -1.69. The molecule has 3 nitrogen and oxygen atoms in total. The summed E-state index contributed by atoms with van der Waals surface area (Å²) in [5.74, 6) is 1.61. The average molecular weight is 132 g/mol. The highest BCUT2D eigenvalue weighted by atomic mass is 16.1. The van der Waals surface area contributed by atoms with Gasteiger partial charge in [0.25, 0.3) is 0 Å². The molecular weight excluding hydrogens is 128 g/mol. The van der Waals surface area contributed by atoms with Gasteiger partial charge in [0.05, 0.1) is 18.0 Å². The van der Waals surface area contributed by atoms with Crippen molar-refractivity contribution >= 4 is 5.78 Å². The molecule has 10 heavy (non-hydrogen) atoms. The smallest absolute Gasteiger partial charge is 0.237 e. The van der Waals surface area contributed by atoms with Gasteiger partial charge in [-0.3, -0.25) is 4.79 Å². The lowest BCUT2D eigenvalue weighted by Crippen LogP contribution is -1.95. The van der Waals surface area contributed by atoms with Crippen LogP contribution in [0, 0.1) is 12.3 Å². The molecule has 0 fully saturated rings. The number of hydrogen-bond acceptors (Lipinski definition) is 3. The van der Waals surface area contributed by atoms with Crippen molar-refractivity contribution < 1.29 is 4.79 Å². The first-order valence-electron chi connectivity index (χ1n) is 2.62. The van der Waals surface area contributed by atoms with Crippen molar-refractivity contribution in [2.75, 3.05) is 0 Å². The molecule has 1 aromatic rings. The van der Waals surface area contributed by atoms with Crippen molar-refractivity contribution in [3.63, 3.8) is 0 Å². The maximum absolute atomic E-state index is 10.7.